The number of carbonyl (C=O) groups is 2. The van der Waals surface area contributed by atoms with Crippen molar-refractivity contribution in [2.24, 2.45) is 5.92 Å². The molecule has 0 radical (unpaired) electrons. The summed E-state index contributed by atoms with van der Waals surface area (Å²) in [5.74, 6) is -1.23. The van der Waals surface area contributed by atoms with Gasteiger partial charge in [0.2, 0.25) is 0 Å². The fourth-order valence-corrected chi connectivity index (χ4v) is 2.38. The van der Waals surface area contributed by atoms with Crippen molar-refractivity contribution in [3.05, 3.63) is 0 Å². The number of rotatable bonds is 4. The van der Waals surface area contributed by atoms with Gasteiger partial charge in [0.25, 0.3) is 0 Å². The van der Waals surface area contributed by atoms with Gasteiger partial charge >= 0.3 is 12.0 Å². The summed E-state index contributed by atoms with van der Waals surface area (Å²) in [7, 11) is 0. The lowest BCUT2D eigenvalue weighted by Crippen LogP contribution is -2.55. The monoisotopic (exact) mass is 267 g/mol. The van der Waals surface area contributed by atoms with Crippen LogP contribution in [0, 0.1) is 17.2 Å². The Kier molecular flexibility index (Phi) is 4.76. The van der Waals surface area contributed by atoms with Crippen molar-refractivity contribution in [2.45, 2.75) is 39.2 Å². The molecule has 0 aromatic heterocycles. The molecule has 106 valence electrons. The smallest absolute Gasteiger partial charge is 0.329 e. The van der Waals surface area contributed by atoms with Crippen LogP contribution in [-0.2, 0) is 4.79 Å². The second-order valence-electron chi connectivity index (χ2n) is 5.19. The molecule has 0 aliphatic carbocycles. The number of urea groups is 1. The number of carbonyl (C=O) groups excluding carboxylic acids is 1. The quantitative estimate of drug-likeness (QED) is 0.837. The van der Waals surface area contributed by atoms with E-state index in [-0.39, 0.29) is 11.9 Å². The minimum Gasteiger partial charge on any atom is -0.480 e. The van der Waals surface area contributed by atoms with Gasteiger partial charge in [-0.05, 0) is 33.6 Å². The predicted molar refractivity (Wildman–Crippen MR) is 69.4 cm³/mol. The summed E-state index contributed by atoms with van der Waals surface area (Å²) in [6.45, 7) is 6.42. The molecule has 6 heteroatoms. The van der Waals surface area contributed by atoms with Gasteiger partial charge in [0, 0.05) is 19.6 Å². The highest BCUT2D eigenvalue weighted by molar-refractivity contribution is 5.86. The Morgan fingerprint density at radius 3 is 2.68 bits per heavy atom. The minimum absolute atomic E-state index is 0.261. The van der Waals surface area contributed by atoms with E-state index in [4.69, 9.17) is 5.26 Å². The predicted octanol–water partition coefficient (Wildman–Crippen LogP) is 1.53. The lowest BCUT2D eigenvalue weighted by Gasteiger charge is -2.35. The molecular formula is C13H21N3O3. The van der Waals surface area contributed by atoms with E-state index in [2.05, 4.69) is 6.07 Å². The molecule has 0 saturated carbocycles. The largest absolute Gasteiger partial charge is 0.480 e. The zero-order chi connectivity index (χ0) is 14.6. The molecule has 2 unspecified atom stereocenters. The first-order chi connectivity index (χ1) is 8.86. The summed E-state index contributed by atoms with van der Waals surface area (Å²) in [6.07, 6.45) is 1.17. The van der Waals surface area contributed by atoms with E-state index in [1.807, 2.05) is 6.92 Å². The summed E-state index contributed by atoms with van der Waals surface area (Å²) in [6, 6.07) is 1.80. The summed E-state index contributed by atoms with van der Waals surface area (Å²) in [5, 5.41) is 18.1. The van der Waals surface area contributed by atoms with E-state index in [9.17, 15) is 14.7 Å². The molecule has 1 heterocycles. The molecule has 1 fully saturated rings. The Bertz CT molecular complexity index is 404. The van der Waals surface area contributed by atoms with Crippen molar-refractivity contribution in [1.29, 1.82) is 5.26 Å². The van der Waals surface area contributed by atoms with E-state index in [0.717, 1.165) is 0 Å². The molecule has 0 spiro atoms. The van der Waals surface area contributed by atoms with Gasteiger partial charge in [-0.2, -0.15) is 5.26 Å². The maximum atomic E-state index is 12.4. The molecule has 0 aromatic rings. The third kappa shape index (κ3) is 2.98. The van der Waals surface area contributed by atoms with Crippen LogP contribution in [0.1, 0.15) is 33.6 Å². The molecule has 2 atom stereocenters. The van der Waals surface area contributed by atoms with E-state index in [0.29, 0.717) is 32.5 Å². The van der Waals surface area contributed by atoms with Gasteiger partial charge in [-0.15, -0.1) is 0 Å². The van der Waals surface area contributed by atoms with Gasteiger partial charge in [0.1, 0.15) is 5.54 Å². The summed E-state index contributed by atoms with van der Waals surface area (Å²) in [4.78, 5) is 26.8. The molecule has 2 amide bonds. The second kappa shape index (κ2) is 5.91. The van der Waals surface area contributed by atoms with Crippen LogP contribution in [0.5, 0.6) is 0 Å². The van der Waals surface area contributed by atoms with Crippen molar-refractivity contribution >= 4 is 12.0 Å². The first-order valence-electron chi connectivity index (χ1n) is 6.56. The van der Waals surface area contributed by atoms with E-state index in [1.165, 1.54) is 4.90 Å². The molecular weight excluding hydrogens is 246 g/mol. The van der Waals surface area contributed by atoms with Crippen LogP contribution in [-0.4, -0.2) is 52.1 Å². The van der Waals surface area contributed by atoms with Gasteiger partial charge < -0.3 is 14.9 Å². The van der Waals surface area contributed by atoms with Crippen molar-refractivity contribution < 1.29 is 14.7 Å². The summed E-state index contributed by atoms with van der Waals surface area (Å²) in [5.41, 5.74) is -1.12. The SMILES string of the molecule is CCN(CC(C)C#N)C(=O)N1CCCC1(C)C(=O)O. The highest BCUT2D eigenvalue weighted by Crippen LogP contribution is 2.30. The zero-order valence-electron chi connectivity index (χ0n) is 11.7. The Balaban J connectivity index is 2.86. The van der Waals surface area contributed by atoms with Crippen LogP contribution in [0.15, 0.2) is 0 Å². The van der Waals surface area contributed by atoms with Gasteiger partial charge in [0.05, 0.1) is 12.0 Å². The molecule has 0 aromatic carbocycles. The zero-order valence-corrected chi connectivity index (χ0v) is 11.7. The topological polar surface area (TPSA) is 84.6 Å². The Morgan fingerprint density at radius 2 is 2.21 bits per heavy atom. The molecule has 0 bridgehead atoms. The molecule has 1 rings (SSSR count). The van der Waals surface area contributed by atoms with Crippen LogP contribution in [0.4, 0.5) is 4.79 Å². The lowest BCUT2D eigenvalue weighted by molar-refractivity contribution is -0.147. The molecule has 19 heavy (non-hydrogen) atoms. The van der Waals surface area contributed by atoms with E-state index in [1.54, 1.807) is 18.7 Å². The number of aliphatic carboxylic acids is 1. The average molecular weight is 267 g/mol. The molecule has 1 N–H and O–H groups in total. The van der Waals surface area contributed by atoms with Crippen LogP contribution >= 0.6 is 0 Å². The third-order valence-electron chi connectivity index (χ3n) is 3.70. The second-order valence-corrected chi connectivity index (χ2v) is 5.19. The van der Waals surface area contributed by atoms with E-state index < -0.39 is 11.5 Å². The first-order valence-corrected chi connectivity index (χ1v) is 6.56. The number of carboxylic acid groups (broad SMARTS) is 1. The number of carboxylic acids is 1. The first kappa shape index (κ1) is 15.3. The number of hydrogen-bond acceptors (Lipinski definition) is 3. The fourth-order valence-electron chi connectivity index (χ4n) is 2.38. The summed E-state index contributed by atoms with van der Waals surface area (Å²) < 4.78 is 0. The molecule has 1 saturated heterocycles. The van der Waals surface area contributed by atoms with Crippen LogP contribution < -0.4 is 0 Å². The maximum absolute atomic E-state index is 12.4. The Labute approximate surface area is 113 Å². The molecule has 1 aliphatic rings. The number of amides is 2. The highest BCUT2D eigenvalue weighted by Gasteiger charge is 2.47. The molecule has 6 nitrogen and oxygen atoms in total. The number of nitriles is 1. The van der Waals surface area contributed by atoms with Gasteiger partial charge in [0.15, 0.2) is 0 Å². The number of nitrogens with zero attached hydrogens (tertiary/aromatic N) is 3. The fraction of sp³-hybridized carbons (Fsp3) is 0.769. The van der Waals surface area contributed by atoms with Crippen molar-refractivity contribution in [3.63, 3.8) is 0 Å². The lowest BCUT2D eigenvalue weighted by atomic mass is 9.99. The molecule has 1 aliphatic heterocycles. The van der Waals surface area contributed by atoms with Crippen LogP contribution in [0.3, 0.4) is 0 Å². The average Bonchev–Trinajstić information content (AvgIpc) is 2.78. The van der Waals surface area contributed by atoms with Crippen molar-refractivity contribution in [1.82, 2.24) is 9.80 Å². The van der Waals surface area contributed by atoms with Crippen LogP contribution in [0.25, 0.3) is 0 Å². The van der Waals surface area contributed by atoms with Gasteiger partial charge in [-0.1, -0.05) is 0 Å². The standard InChI is InChI=1S/C13H21N3O3/c1-4-15(9-10(2)8-14)12(19)16-7-5-6-13(16,3)11(17)18/h10H,4-7,9H2,1-3H3,(H,17,18). The highest BCUT2D eigenvalue weighted by atomic mass is 16.4. The normalized spacial score (nSPS) is 23.8. The maximum Gasteiger partial charge on any atom is 0.329 e. The van der Waals surface area contributed by atoms with Crippen molar-refractivity contribution in [3.8, 4) is 6.07 Å². The van der Waals surface area contributed by atoms with Crippen molar-refractivity contribution in [2.75, 3.05) is 19.6 Å². The Hall–Kier alpha value is -1.77. The Morgan fingerprint density at radius 1 is 1.58 bits per heavy atom. The van der Waals surface area contributed by atoms with Gasteiger partial charge in [-0.3, -0.25) is 0 Å². The summed E-state index contributed by atoms with van der Waals surface area (Å²) >= 11 is 0. The number of likely N-dealkylation sites (tertiary alicyclic amines) is 1. The minimum atomic E-state index is -1.12. The number of hydrogen-bond donors (Lipinski definition) is 1. The van der Waals surface area contributed by atoms with Crippen LogP contribution in [0.2, 0.25) is 0 Å². The van der Waals surface area contributed by atoms with E-state index >= 15 is 0 Å². The van der Waals surface area contributed by atoms with Gasteiger partial charge in [-0.25, -0.2) is 9.59 Å². The third-order valence-corrected chi connectivity index (χ3v) is 3.70.